The van der Waals surface area contributed by atoms with Crippen LogP contribution < -0.4 is 5.32 Å². The topological polar surface area (TPSA) is 266 Å². The van der Waals surface area contributed by atoms with E-state index >= 15 is 0 Å². The SMILES string of the molecule is C.CC(C)(C)C(=O)CC(O)CC(O)/C=C/c1c(C2CC2)nc2ccccc2c1-c1ccc(F)cc1.CC(C)c1c(C(=O)Nc2ccccc2)c(-c2ccccc2)c(-c2ccc(F)cc2)n1CCC(O)CC(O)CC(=O)C(C)(C)C.CC[C@H](C)C(=O)O[C@H]1C[C@H](O)C=C2C=C[C@H](C)[C@H](CC[C@@H](O)C[C@@H](O)CC(=O)C(C)(C)C)[C@H]21. The van der Waals surface area contributed by atoms with Gasteiger partial charge in [0.1, 0.15) is 35.1 Å². The van der Waals surface area contributed by atoms with Crippen molar-refractivity contribution in [3.05, 3.63) is 197 Å². The molecule has 10 rings (SSSR count). The Morgan fingerprint density at radius 2 is 1.13 bits per heavy atom. The van der Waals surface area contributed by atoms with Crippen LogP contribution >= 0.6 is 0 Å². The molecule has 18 heteroatoms. The number of Topliss-reactive ketones (excluding diaryl/α,β-unsaturated/α-hetero) is 3. The van der Waals surface area contributed by atoms with Crippen molar-refractivity contribution < 1.29 is 73.2 Å². The van der Waals surface area contributed by atoms with Crippen LogP contribution in [-0.4, -0.2) is 123 Å². The smallest absolute Gasteiger partial charge is 0.308 e. The number of benzene rings is 5. The Balaban J connectivity index is 0.000000235. The van der Waals surface area contributed by atoms with E-state index in [1.54, 1.807) is 30.3 Å². The average molecular weight is 1540 g/mol. The Hall–Kier alpha value is -8.46. The molecule has 8 N–H and O–H groups in total. The second kappa shape index (κ2) is 40.5. The van der Waals surface area contributed by atoms with Crippen LogP contribution in [0, 0.1) is 51.6 Å². The Morgan fingerprint density at radius 3 is 1.66 bits per heavy atom. The normalized spacial score (nSPS) is 18.9. The molecule has 112 heavy (non-hydrogen) atoms. The van der Waals surface area contributed by atoms with Gasteiger partial charge >= 0.3 is 5.97 Å². The first-order valence-corrected chi connectivity index (χ1v) is 39.6. The number of aliphatic hydroxyl groups is 7. The minimum absolute atomic E-state index is 0. The van der Waals surface area contributed by atoms with Crippen LogP contribution in [-0.2, 0) is 30.5 Å². The van der Waals surface area contributed by atoms with Crippen molar-refractivity contribution in [2.45, 2.75) is 255 Å². The van der Waals surface area contributed by atoms with Crippen molar-refractivity contribution in [2.24, 2.45) is 39.9 Å². The molecule has 7 aromatic rings. The van der Waals surface area contributed by atoms with Crippen LogP contribution in [0.25, 0.3) is 50.5 Å². The maximum Gasteiger partial charge on any atom is 0.308 e. The Bertz CT molecular complexity index is 4350. The summed E-state index contributed by atoms with van der Waals surface area (Å²) in [5, 5.41) is 77.8. The minimum atomic E-state index is -0.963. The summed E-state index contributed by atoms with van der Waals surface area (Å²) in [6, 6.07) is 39.5. The van der Waals surface area contributed by atoms with E-state index in [1.807, 2.05) is 193 Å². The highest BCUT2D eigenvalue weighted by atomic mass is 19.1. The van der Waals surface area contributed by atoms with E-state index in [0.717, 1.165) is 79.8 Å². The zero-order chi connectivity index (χ0) is 81.4. The van der Waals surface area contributed by atoms with Gasteiger partial charge in [0.25, 0.3) is 5.91 Å². The molecule has 0 aliphatic heterocycles. The largest absolute Gasteiger partial charge is 0.461 e. The minimum Gasteiger partial charge on any atom is -0.461 e. The molecule has 2 heterocycles. The third-order valence-electron chi connectivity index (χ3n) is 21.4. The van der Waals surface area contributed by atoms with Gasteiger partial charge in [0.2, 0.25) is 0 Å². The van der Waals surface area contributed by atoms with E-state index in [1.165, 1.54) is 24.3 Å². The number of nitrogens with zero attached hydrogens (tertiary/aromatic N) is 2. The number of amides is 1. The molecule has 12 atom stereocenters. The second-order valence-corrected chi connectivity index (χ2v) is 34.1. The van der Waals surface area contributed by atoms with Crippen LogP contribution in [0.3, 0.4) is 0 Å². The van der Waals surface area contributed by atoms with Crippen LogP contribution in [0.2, 0.25) is 0 Å². The summed E-state index contributed by atoms with van der Waals surface area (Å²) in [6.45, 7) is 26.7. The van der Waals surface area contributed by atoms with E-state index in [2.05, 4.69) is 22.9 Å². The highest BCUT2D eigenvalue weighted by molar-refractivity contribution is 6.12. The lowest BCUT2D eigenvalue weighted by molar-refractivity contribution is -0.159. The van der Waals surface area contributed by atoms with Gasteiger partial charge in [-0.2, -0.15) is 0 Å². The molecule has 0 radical (unpaired) electrons. The Morgan fingerprint density at radius 1 is 0.634 bits per heavy atom. The van der Waals surface area contributed by atoms with Gasteiger partial charge in [-0.15, -0.1) is 0 Å². The number of hydrogen-bond acceptors (Lipinski definition) is 14. The van der Waals surface area contributed by atoms with E-state index < -0.39 is 65.1 Å². The van der Waals surface area contributed by atoms with Gasteiger partial charge in [-0.05, 0) is 146 Å². The summed E-state index contributed by atoms with van der Waals surface area (Å²) in [6.07, 6.45) is 8.21. The molecule has 5 aromatic carbocycles. The van der Waals surface area contributed by atoms with Gasteiger partial charge in [0.05, 0.1) is 71.1 Å². The van der Waals surface area contributed by atoms with Crippen LogP contribution in [0.4, 0.5) is 14.5 Å². The average Bonchev–Trinajstić information content (AvgIpc) is 1.54. The van der Waals surface area contributed by atoms with Crippen molar-refractivity contribution in [1.29, 1.82) is 0 Å². The number of halogens is 2. The zero-order valence-corrected chi connectivity index (χ0v) is 67.3. The number of anilines is 1. The predicted octanol–water partition coefficient (Wildman–Crippen LogP) is 18.5. The van der Waals surface area contributed by atoms with Crippen molar-refractivity contribution in [3.63, 3.8) is 0 Å². The Labute approximate surface area is 662 Å². The molecule has 1 fully saturated rings. The van der Waals surface area contributed by atoms with Gasteiger partial charge < -0.3 is 50.4 Å². The lowest BCUT2D eigenvalue weighted by Crippen LogP contribution is -2.43. The second-order valence-electron chi connectivity index (χ2n) is 34.1. The summed E-state index contributed by atoms with van der Waals surface area (Å²) >= 11 is 0. The first kappa shape index (κ1) is 90.7. The van der Waals surface area contributed by atoms with Crippen LogP contribution in [0.15, 0.2) is 163 Å². The van der Waals surface area contributed by atoms with Gasteiger partial charge in [-0.25, -0.2) is 8.78 Å². The molecule has 4 unspecified atom stereocenters. The first-order valence-electron chi connectivity index (χ1n) is 39.6. The lowest BCUT2D eigenvalue weighted by atomic mass is 9.66. The number of ketones is 3. The molecular formula is C94H123F2N3O13. The fourth-order valence-electron chi connectivity index (χ4n) is 14.5. The highest BCUT2D eigenvalue weighted by Gasteiger charge is 2.43. The number of nitrogens with one attached hydrogen (secondary N) is 1. The summed E-state index contributed by atoms with van der Waals surface area (Å²) in [7, 11) is 0. The molecule has 3 aliphatic rings. The monoisotopic (exact) mass is 1540 g/mol. The maximum atomic E-state index is 14.2. The molecular weight excluding hydrogens is 1420 g/mol. The number of carbonyl (C=O) groups is 5. The highest BCUT2D eigenvalue weighted by Crippen LogP contribution is 2.48. The number of pyridine rings is 1. The molecule has 0 bridgehead atoms. The fourth-order valence-corrected chi connectivity index (χ4v) is 14.5. The third kappa shape index (κ3) is 25.3. The number of ether oxygens (including phenoxy) is 1. The van der Waals surface area contributed by atoms with E-state index in [9.17, 15) is 68.5 Å². The van der Waals surface area contributed by atoms with Crippen LogP contribution in [0.1, 0.15) is 227 Å². The third-order valence-corrected chi connectivity index (χ3v) is 21.4. The van der Waals surface area contributed by atoms with E-state index in [-0.39, 0.29) is 123 Å². The molecule has 606 valence electrons. The van der Waals surface area contributed by atoms with Crippen molar-refractivity contribution in [2.75, 3.05) is 5.32 Å². The number of aliphatic hydroxyl groups excluding tert-OH is 7. The first-order chi connectivity index (χ1) is 52.3. The maximum absolute atomic E-state index is 14.2. The number of para-hydroxylation sites is 2. The zero-order valence-electron chi connectivity index (χ0n) is 67.3. The summed E-state index contributed by atoms with van der Waals surface area (Å²) in [5.74, 6) is -0.856. The quantitative estimate of drug-likeness (QED) is 0.0195. The molecule has 3 aliphatic carbocycles. The van der Waals surface area contributed by atoms with Crippen molar-refractivity contribution in [1.82, 2.24) is 9.55 Å². The molecule has 16 nitrogen and oxygen atoms in total. The summed E-state index contributed by atoms with van der Waals surface area (Å²) in [4.78, 5) is 68.4. The van der Waals surface area contributed by atoms with E-state index in [0.29, 0.717) is 49.4 Å². The fraction of sp³-hybridized carbons (Fsp3) is 0.489. The van der Waals surface area contributed by atoms with Gasteiger partial charge in [-0.1, -0.05) is 214 Å². The molecule has 0 saturated heterocycles. The van der Waals surface area contributed by atoms with E-state index in [4.69, 9.17) is 9.72 Å². The number of aromatic nitrogens is 2. The number of rotatable bonds is 30. The predicted molar refractivity (Wildman–Crippen MR) is 443 cm³/mol. The lowest BCUT2D eigenvalue weighted by Gasteiger charge is -2.43. The van der Waals surface area contributed by atoms with Gasteiger partial charge in [0.15, 0.2) is 0 Å². The number of fused-ring (bicyclic) bond motifs is 2. The molecule has 1 amide bonds. The number of carbonyl (C=O) groups excluding carboxylic acids is 5. The molecule has 1 saturated carbocycles. The number of hydrogen-bond donors (Lipinski definition) is 8. The Kier molecular flexibility index (Phi) is 32.8. The van der Waals surface area contributed by atoms with Gasteiger partial charge in [0, 0.05) is 100 Å². The number of allylic oxidation sites excluding steroid dienone is 2. The van der Waals surface area contributed by atoms with Crippen molar-refractivity contribution in [3.8, 4) is 33.5 Å². The van der Waals surface area contributed by atoms with Crippen LogP contribution in [0.5, 0.6) is 0 Å². The molecule has 0 spiro atoms. The number of esters is 1. The van der Waals surface area contributed by atoms with Crippen molar-refractivity contribution >= 4 is 51.9 Å². The molecule has 2 aromatic heterocycles. The van der Waals surface area contributed by atoms with Gasteiger partial charge in [-0.3, -0.25) is 29.0 Å². The standard InChI is InChI=1S/C37H43FN2O4.C29H32FNO3.C27H44O6.CH4/c1-24(2)34-33(36(44)39-28-14-10-7-11-15-28)32(25-12-8-6-9-13-25)35(26-16-18-27(38)19-17-26)40(34)21-20-29(41)22-30(42)23-31(43)37(3,4)5;1-29(2,3)26(34)17-22(33)16-21(32)14-15-24-27(18-10-12-20(30)13-11-18)23-6-4-5-7-25(23)31-28(24)19-8-9-19;1-7-16(2)26(32)33-23-14-20(29)12-18-9-8-17(3)22(25(18)23)11-10-19(28)13-21(30)15-24(31)27(4,5)6;/h6-19,24,29-30,41-42H,20-23H2,1-5H3,(H,39,44);4-7,10-15,19,21-22,32-33H,8-9,16-17H2,1-3H3;8-9,12,16-17,19-23,25,28-30H,7,10-11,13-15H2,1-6H3;1H4/b;15-14+;;/t;;16-,17-,19+,20+,21+,22-,23-,25-;/m..0./s1. The summed E-state index contributed by atoms with van der Waals surface area (Å²) < 4.78 is 35.7. The summed E-state index contributed by atoms with van der Waals surface area (Å²) in [5.41, 5.74) is 8.99.